The average Bonchev–Trinajstić information content (AvgIpc) is 3.33. The average molecular weight is 562 g/mol. The van der Waals surface area contributed by atoms with E-state index in [0.717, 1.165) is 51.3 Å². The number of nitrogens with zero attached hydrogens (tertiary/aromatic N) is 5. The molecule has 1 saturated heterocycles. The summed E-state index contributed by atoms with van der Waals surface area (Å²) in [6.45, 7) is 12.1. The Kier molecular flexibility index (Phi) is 8.36. The van der Waals surface area contributed by atoms with E-state index in [2.05, 4.69) is 64.5 Å². The number of aromatic nitrogens is 4. The van der Waals surface area contributed by atoms with Gasteiger partial charge in [0.15, 0.2) is 11.0 Å². The topological polar surface area (TPSA) is 125 Å². The summed E-state index contributed by atoms with van der Waals surface area (Å²) in [5.41, 5.74) is 5.28. The van der Waals surface area contributed by atoms with Crippen LogP contribution in [0.1, 0.15) is 52.1 Å². The number of morpholine rings is 1. The van der Waals surface area contributed by atoms with Gasteiger partial charge in [-0.1, -0.05) is 11.3 Å². The molecular weight excluding hydrogens is 526 g/mol. The molecule has 40 heavy (non-hydrogen) atoms. The fourth-order valence-electron chi connectivity index (χ4n) is 4.93. The summed E-state index contributed by atoms with van der Waals surface area (Å²) in [7, 11) is 0. The SMILES string of the molecule is CCNC(=O)Nc1nc2cc(-c3cnc(C(C)O)nc3)cc(-c3cc(CN4C[C@H](C)O[C@H](C)C4C)ccn3)c2s1. The lowest BCUT2D eigenvalue weighted by molar-refractivity contribution is -0.102. The van der Waals surface area contributed by atoms with Gasteiger partial charge in [-0.2, -0.15) is 0 Å². The van der Waals surface area contributed by atoms with E-state index in [4.69, 9.17) is 14.7 Å². The highest BCUT2D eigenvalue weighted by molar-refractivity contribution is 7.22. The van der Waals surface area contributed by atoms with Crippen molar-refractivity contribution >= 4 is 32.7 Å². The van der Waals surface area contributed by atoms with Crippen LogP contribution in [0.5, 0.6) is 0 Å². The largest absolute Gasteiger partial charge is 0.385 e. The number of rotatable bonds is 7. The number of nitrogens with one attached hydrogen (secondary N) is 2. The van der Waals surface area contributed by atoms with Gasteiger partial charge in [-0.05, 0) is 70.0 Å². The van der Waals surface area contributed by atoms with Crippen molar-refractivity contribution in [1.82, 2.24) is 30.2 Å². The van der Waals surface area contributed by atoms with Crippen LogP contribution in [-0.2, 0) is 11.3 Å². The van der Waals surface area contributed by atoms with E-state index in [9.17, 15) is 9.90 Å². The zero-order valence-electron chi connectivity index (χ0n) is 23.4. The molecule has 0 aliphatic carbocycles. The number of amides is 2. The summed E-state index contributed by atoms with van der Waals surface area (Å²) in [6, 6.07) is 8.20. The third-order valence-corrected chi connectivity index (χ3v) is 8.13. The van der Waals surface area contributed by atoms with Gasteiger partial charge in [0, 0.05) is 55.4 Å². The van der Waals surface area contributed by atoms with Gasteiger partial charge in [0.05, 0.1) is 28.1 Å². The van der Waals surface area contributed by atoms with Crippen LogP contribution in [0.2, 0.25) is 0 Å². The number of urea groups is 1. The predicted octanol–water partition coefficient (Wildman–Crippen LogP) is 5.01. The fourth-order valence-corrected chi connectivity index (χ4v) is 5.89. The van der Waals surface area contributed by atoms with E-state index in [1.165, 1.54) is 11.3 Å². The Morgan fingerprint density at radius 1 is 1.18 bits per heavy atom. The van der Waals surface area contributed by atoms with Crippen LogP contribution in [-0.4, -0.2) is 67.3 Å². The zero-order valence-corrected chi connectivity index (χ0v) is 24.2. The molecule has 2 unspecified atom stereocenters. The van der Waals surface area contributed by atoms with Gasteiger partial charge in [0.25, 0.3) is 0 Å². The number of pyridine rings is 1. The van der Waals surface area contributed by atoms with Crippen LogP contribution >= 0.6 is 11.3 Å². The van der Waals surface area contributed by atoms with Gasteiger partial charge >= 0.3 is 6.03 Å². The van der Waals surface area contributed by atoms with Crippen molar-refractivity contribution in [2.45, 2.75) is 65.5 Å². The molecule has 0 radical (unpaired) electrons. The molecule has 11 heteroatoms. The molecule has 0 spiro atoms. The Bertz CT molecular complexity index is 1490. The number of ether oxygens (including phenoxy) is 1. The van der Waals surface area contributed by atoms with Crippen molar-refractivity contribution in [2.24, 2.45) is 0 Å². The van der Waals surface area contributed by atoms with Crippen LogP contribution in [0.3, 0.4) is 0 Å². The van der Waals surface area contributed by atoms with Gasteiger partial charge in [0.1, 0.15) is 6.10 Å². The second-order valence-electron chi connectivity index (χ2n) is 10.3. The quantitative estimate of drug-likeness (QED) is 0.288. The first kappa shape index (κ1) is 28.0. The molecule has 4 heterocycles. The lowest BCUT2D eigenvalue weighted by Gasteiger charge is -2.41. The number of aliphatic hydroxyl groups excluding tert-OH is 1. The molecule has 210 valence electrons. The van der Waals surface area contributed by atoms with Crippen LogP contribution in [0.4, 0.5) is 9.93 Å². The van der Waals surface area contributed by atoms with Crippen molar-refractivity contribution in [3.63, 3.8) is 0 Å². The van der Waals surface area contributed by atoms with Crippen molar-refractivity contribution in [2.75, 3.05) is 18.4 Å². The molecule has 3 N–H and O–H groups in total. The molecular formula is C29H35N7O3S. The Morgan fingerprint density at radius 2 is 1.95 bits per heavy atom. The first-order valence-corrected chi connectivity index (χ1v) is 14.4. The molecule has 3 aromatic heterocycles. The summed E-state index contributed by atoms with van der Waals surface area (Å²) < 4.78 is 6.93. The minimum Gasteiger partial charge on any atom is -0.385 e. The van der Waals surface area contributed by atoms with Crippen molar-refractivity contribution < 1.29 is 14.6 Å². The third kappa shape index (κ3) is 6.12. The van der Waals surface area contributed by atoms with E-state index < -0.39 is 6.10 Å². The highest BCUT2D eigenvalue weighted by Crippen LogP contribution is 2.38. The van der Waals surface area contributed by atoms with Crippen LogP contribution < -0.4 is 10.6 Å². The number of thiazole rings is 1. The molecule has 4 aromatic rings. The number of hydrogen-bond acceptors (Lipinski definition) is 9. The van der Waals surface area contributed by atoms with E-state index >= 15 is 0 Å². The minimum absolute atomic E-state index is 0.164. The standard InChI is InChI=1S/C29H35N7O3S/c1-6-30-28(38)35-29-34-25-11-21(22-12-32-27(18(4)37)33-13-22)10-23(26(25)40-29)24-9-20(7-8-31-24)15-36-14-16(2)39-19(5)17(36)3/h7-13,16-19,37H,6,14-15H2,1-5H3,(H2,30,34,35,38)/t16-,17?,18?,19+/m0/s1. The smallest absolute Gasteiger partial charge is 0.321 e. The normalized spacial score (nSPS) is 20.4. The Morgan fingerprint density at radius 3 is 2.67 bits per heavy atom. The molecule has 1 aliphatic heterocycles. The first-order chi connectivity index (χ1) is 19.2. The number of anilines is 1. The monoisotopic (exact) mass is 561 g/mol. The van der Waals surface area contributed by atoms with Gasteiger partial charge in [-0.25, -0.2) is 19.7 Å². The Labute approximate surface area is 237 Å². The highest BCUT2D eigenvalue weighted by atomic mass is 32.1. The second kappa shape index (κ2) is 11.9. The Hall–Kier alpha value is -3.51. The zero-order chi connectivity index (χ0) is 28.4. The summed E-state index contributed by atoms with van der Waals surface area (Å²) in [4.78, 5) is 32.8. The fraction of sp³-hybridized carbons (Fsp3) is 0.414. The Balaban J connectivity index is 1.55. The van der Waals surface area contributed by atoms with Crippen molar-refractivity contribution in [3.05, 3.63) is 54.2 Å². The maximum atomic E-state index is 12.2. The number of benzene rings is 1. The number of fused-ring (bicyclic) bond motifs is 1. The van der Waals surface area contributed by atoms with Crippen molar-refractivity contribution in [1.29, 1.82) is 0 Å². The number of hydrogen-bond donors (Lipinski definition) is 3. The second-order valence-corrected chi connectivity index (χ2v) is 11.3. The lowest BCUT2D eigenvalue weighted by atomic mass is 10.0. The summed E-state index contributed by atoms with van der Waals surface area (Å²) in [5.74, 6) is 0.363. The molecule has 0 bridgehead atoms. The minimum atomic E-state index is -0.749. The van der Waals surface area contributed by atoms with Gasteiger partial charge in [0.2, 0.25) is 0 Å². The maximum absolute atomic E-state index is 12.2. The van der Waals surface area contributed by atoms with Gasteiger partial charge in [-0.15, -0.1) is 0 Å². The molecule has 4 atom stereocenters. The number of carbonyl (C=O) groups excluding carboxylic acids is 1. The molecule has 0 saturated carbocycles. The summed E-state index contributed by atoms with van der Waals surface area (Å²) in [6.07, 6.45) is 4.84. The number of carbonyl (C=O) groups is 1. The van der Waals surface area contributed by atoms with E-state index in [-0.39, 0.29) is 18.2 Å². The van der Waals surface area contributed by atoms with E-state index in [1.807, 2.05) is 19.2 Å². The van der Waals surface area contributed by atoms with Gasteiger partial charge < -0.3 is 15.2 Å². The molecule has 5 rings (SSSR count). The molecule has 2 amide bonds. The summed E-state index contributed by atoms with van der Waals surface area (Å²) >= 11 is 1.41. The highest BCUT2D eigenvalue weighted by Gasteiger charge is 2.29. The van der Waals surface area contributed by atoms with Crippen molar-refractivity contribution in [3.8, 4) is 22.4 Å². The molecule has 1 aromatic carbocycles. The molecule has 1 fully saturated rings. The lowest BCUT2D eigenvalue weighted by Crippen LogP contribution is -2.51. The third-order valence-electron chi connectivity index (χ3n) is 7.11. The molecule has 10 nitrogen and oxygen atoms in total. The van der Waals surface area contributed by atoms with Gasteiger partial charge in [-0.3, -0.25) is 15.2 Å². The van der Waals surface area contributed by atoms with Crippen LogP contribution in [0.15, 0.2) is 42.9 Å². The summed E-state index contributed by atoms with van der Waals surface area (Å²) in [5, 5.41) is 15.9. The van der Waals surface area contributed by atoms with Crippen LogP contribution in [0.25, 0.3) is 32.6 Å². The number of aliphatic hydroxyl groups is 1. The van der Waals surface area contributed by atoms with E-state index in [1.54, 1.807) is 19.3 Å². The predicted molar refractivity (Wildman–Crippen MR) is 157 cm³/mol. The first-order valence-electron chi connectivity index (χ1n) is 13.6. The van der Waals surface area contributed by atoms with E-state index in [0.29, 0.717) is 23.5 Å². The van der Waals surface area contributed by atoms with Crippen LogP contribution in [0, 0.1) is 0 Å². The maximum Gasteiger partial charge on any atom is 0.321 e. The molecule has 1 aliphatic rings.